The molecular weight excluding hydrogens is 1330 g/mol. The van der Waals surface area contributed by atoms with Crippen LogP contribution >= 0.6 is 11.8 Å². The molecule has 504 valence electrons. The van der Waals surface area contributed by atoms with Gasteiger partial charge in [-0.1, -0.05) is 317 Å². The van der Waals surface area contributed by atoms with Crippen LogP contribution in [-0.4, -0.2) is 22.6 Å². The average molecular weight is 1410 g/mol. The van der Waals surface area contributed by atoms with Gasteiger partial charge in [0.2, 0.25) is 0 Å². The Bertz CT molecular complexity index is 7690. The highest BCUT2D eigenvalue weighted by molar-refractivity contribution is 8.00. The Kier molecular flexibility index (Phi) is 10.2. The fourth-order valence-corrected chi connectivity index (χ4v) is 18.9. The first-order chi connectivity index (χ1) is 60.0. The van der Waals surface area contributed by atoms with Crippen molar-refractivity contribution in [2.45, 2.75) is 36.0 Å². The zero-order chi connectivity index (χ0) is 85.1. The van der Waals surface area contributed by atoms with Gasteiger partial charge in [0.25, 0.3) is 13.4 Å². The fourth-order valence-electron chi connectivity index (χ4n) is 17.8. The smallest absolute Gasteiger partial charge is 0.259 e. The van der Waals surface area contributed by atoms with E-state index in [4.69, 9.17) is 6.11 Å². The molecule has 0 saturated heterocycles. The molecule has 5 aliphatic rings. The van der Waals surface area contributed by atoms with Gasteiger partial charge in [-0.15, -0.1) is 0 Å². The molecule has 0 spiro atoms. The van der Waals surface area contributed by atoms with Gasteiger partial charge >= 0.3 is 0 Å². The van der Waals surface area contributed by atoms with Crippen molar-refractivity contribution in [2.75, 3.05) is 9.80 Å². The van der Waals surface area contributed by atoms with Crippen molar-refractivity contribution < 1.29 is 26.7 Å². The molecule has 0 atom stereocenters. The summed E-state index contributed by atoms with van der Waals surface area (Å²) < 4.78 is 179. The molecule has 0 bridgehead atoms. The van der Waals surface area contributed by atoms with Crippen LogP contribution in [0.4, 0.5) is 34.1 Å². The number of para-hydroxylation sites is 5. The van der Waals surface area contributed by atoms with E-state index < -0.39 is 96.4 Å². The molecule has 2 aromatic heterocycles. The highest BCUT2D eigenvalue weighted by atomic mass is 32.2. The maximum Gasteiger partial charge on any atom is 0.259 e. The maximum absolute atomic E-state index is 12.4. The van der Waals surface area contributed by atoms with Crippen LogP contribution in [0.3, 0.4) is 0 Å². The molecule has 0 saturated carbocycles. The van der Waals surface area contributed by atoms with Crippen LogP contribution in [-0.2, 0) is 5.41 Å². The van der Waals surface area contributed by atoms with Crippen LogP contribution in [0.2, 0.25) is 0 Å². The van der Waals surface area contributed by atoms with Crippen LogP contribution in [0.5, 0.6) is 11.5 Å². The Labute approximate surface area is 654 Å². The largest absolute Gasteiger partial charge is 0.459 e. The van der Waals surface area contributed by atoms with Crippen molar-refractivity contribution >= 4 is 136 Å². The summed E-state index contributed by atoms with van der Waals surface area (Å²) in [6, 6.07) is 73.6. The molecule has 0 fully saturated rings. The van der Waals surface area contributed by atoms with Crippen LogP contribution in [0, 0.1) is 0 Å². The standard InChI is InChI=1S/C100H66B2N4OS/c1-100(2,3)68-55-83-91-84(56-68)106(97-72(64-36-16-7-17-37-64)47-29-48-73(97)65-38-18-8-19-39-65)85-60-86-93-99(92(85)101(91)78-53-52-67(61-30-10-4-11-31-61)54-82(78)105(83)96-70(62-32-12-5-13-33-62)45-28-46-71(96)63-34-14-6-15-35-63)107-87-57-69(103-79-49-25-22-42-74(79)75-43-23-26-50-80(75)103)58-88-94(87)102(93)95-89(108-88)59-77(66-40-20-9-21-41-66)90-76-44-24-27-51-81(76)104(86)98(90)95/h4-60H,1-3H3/i4D,10D,11D,24D,27D,30D,31D,44D,51D,52D,53D,54D,57D,58D,59D,60D. The Morgan fingerprint density at radius 2 is 0.852 bits per heavy atom. The zero-order valence-corrected chi connectivity index (χ0v) is 59.2. The lowest BCUT2D eigenvalue weighted by molar-refractivity contribution is 0.489. The molecule has 0 unspecified atom stereocenters. The van der Waals surface area contributed by atoms with Crippen molar-refractivity contribution in [2.24, 2.45) is 0 Å². The van der Waals surface area contributed by atoms with Crippen LogP contribution in [0.15, 0.2) is 355 Å². The van der Waals surface area contributed by atoms with Crippen molar-refractivity contribution in [3.05, 3.63) is 351 Å². The number of rotatable bonds is 9. The van der Waals surface area contributed by atoms with Gasteiger partial charge in [-0.3, -0.25) is 0 Å². The molecule has 0 aliphatic carbocycles. The first kappa shape index (κ1) is 47.5. The van der Waals surface area contributed by atoms with Gasteiger partial charge in [-0.25, -0.2) is 0 Å². The lowest BCUT2D eigenvalue weighted by Crippen LogP contribution is -2.66. The van der Waals surface area contributed by atoms with E-state index in [2.05, 4.69) is 49.9 Å². The second-order valence-corrected chi connectivity index (χ2v) is 30.2. The number of nitrogens with zero attached hydrogens (tertiary/aromatic N) is 4. The first-order valence-electron chi connectivity index (χ1n) is 44.3. The minimum absolute atomic E-state index is 0.00124. The highest BCUT2D eigenvalue weighted by Gasteiger charge is 2.53. The summed E-state index contributed by atoms with van der Waals surface area (Å²) in [4.78, 5) is 4.86. The van der Waals surface area contributed by atoms with Crippen molar-refractivity contribution in [3.8, 4) is 89.6 Å². The van der Waals surface area contributed by atoms with E-state index in [1.165, 1.54) is 11.8 Å². The normalized spacial score (nSPS) is 15.4. The Morgan fingerprint density at radius 1 is 0.352 bits per heavy atom. The third kappa shape index (κ3) is 8.80. The predicted molar refractivity (Wildman–Crippen MR) is 456 cm³/mol. The SMILES string of the molecule is [2H]c1c([2H])c([2H])c(-c2c([2H])c([2H])c3c(c2[2H])N(c2c(-c4ccccc4)cccc2-c2ccccc2)c2cc(C(C)(C)C)cc4c2B3c2c3c5c(c([2H])c2N4c2c(-c4ccccc4)cccc2-c2ccccc2)-n2c4c([2H])c([2H])c([2H])c([2H])c4c4c(-c6ccccc6)c([2H])c6c(c42)B5c2c(c([2H])c(-n4c5ccccc5c5ccccc54)c([2H])c2S6)O3)c([2H])c1[2H]. The van der Waals surface area contributed by atoms with E-state index in [0.29, 0.717) is 104 Å². The van der Waals surface area contributed by atoms with Crippen molar-refractivity contribution in [1.82, 2.24) is 9.13 Å². The van der Waals surface area contributed by atoms with Gasteiger partial charge in [-0.2, -0.15) is 0 Å². The summed E-state index contributed by atoms with van der Waals surface area (Å²) in [5.74, 6) is 0.0697. The number of anilines is 6. The van der Waals surface area contributed by atoms with E-state index in [1.807, 2.05) is 234 Å². The molecule has 23 rings (SSSR count). The van der Waals surface area contributed by atoms with Gasteiger partial charge in [0.1, 0.15) is 11.5 Å². The minimum Gasteiger partial charge on any atom is -0.459 e. The van der Waals surface area contributed by atoms with Crippen LogP contribution in [0.1, 0.15) is 48.3 Å². The monoisotopic (exact) mass is 1410 g/mol. The summed E-state index contributed by atoms with van der Waals surface area (Å²) in [6.45, 7) is 3.69. The summed E-state index contributed by atoms with van der Waals surface area (Å²) in [5, 5.41) is 2.14. The molecular formula is C100H66B2N4OS. The maximum atomic E-state index is 12.4. The molecule has 5 aliphatic heterocycles. The van der Waals surface area contributed by atoms with Gasteiger partial charge < -0.3 is 23.7 Å². The van der Waals surface area contributed by atoms with Crippen LogP contribution < -0.4 is 47.3 Å². The lowest BCUT2D eigenvalue weighted by atomic mass is 9.30. The second kappa shape index (κ2) is 23.2. The Balaban J connectivity index is 0.987. The molecule has 5 nitrogen and oxygen atoms in total. The number of ether oxygens (including phenoxy) is 1. The molecule has 108 heavy (non-hydrogen) atoms. The number of hydrogen-bond acceptors (Lipinski definition) is 4. The molecule has 16 aromatic carbocycles. The molecule has 0 N–H and O–H groups in total. The molecule has 0 amide bonds. The zero-order valence-electron chi connectivity index (χ0n) is 74.4. The molecule has 18 aromatic rings. The van der Waals surface area contributed by atoms with Gasteiger partial charge in [-0.05, 0) is 143 Å². The van der Waals surface area contributed by atoms with Gasteiger partial charge in [0.05, 0.1) is 61.1 Å². The average Bonchev–Trinajstić information content (AvgIpc) is 1.29. The number of fused-ring (bicyclic) bond motifs is 12. The minimum atomic E-state index is -1.45. The van der Waals surface area contributed by atoms with Gasteiger partial charge in [0.15, 0.2) is 0 Å². The van der Waals surface area contributed by atoms with Crippen molar-refractivity contribution in [1.29, 1.82) is 0 Å². The first-order valence-corrected chi connectivity index (χ1v) is 37.1. The molecule has 7 heterocycles. The fraction of sp³-hybridized carbons (Fsp3) is 0.0400. The predicted octanol–water partition coefficient (Wildman–Crippen LogP) is 22.7. The molecule has 0 radical (unpaired) electrons. The summed E-state index contributed by atoms with van der Waals surface area (Å²) in [7, 11) is 0. The Hall–Kier alpha value is -13.0. The van der Waals surface area contributed by atoms with E-state index in [0.717, 1.165) is 38.6 Å². The van der Waals surface area contributed by atoms with Gasteiger partial charge in [0, 0.05) is 88.1 Å². The summed E-state index contributed by atoms with van der Waals surface area (Å²) >= 11 is 1.20. The lowest BCUT2D eigenvalue weighted by Gasteiger charge is -2.48. The number of hydrogen-bond donors (Lipinski definition) is 0. The van der Waals surface area contributed by atoms with Crippen molar-refractivity contribution in [3.63, 3.8) is 0 Å². The highest BCUT2D eigenvalue weighted by Crippen LogP contribution is 2.57. The number of aromatic nitrogens is 2. The third-order valence-corrected chi connectivity index (χ3v) is 23.4. The Morgan fingerprint density at radius 3 is 1.42 bits per heavy atom. The van der Waals surface area contributed by atoms with E-state index in [1.54, 1.807) is 4.57 Å². The number of benzene rings is 16. The third-order valence-electron chi connectivity index (χ3n) is 22.4. The van der Waals surface area contributed by atoms with E-state index >= 15 is 0 Å². The summed E-state index contributed by atoms with van der Waals surface area (Å²) in [5.41, 5.74) is 12.0. The summed E-state index contributed by atoms with van der Waals surface area (Å²) in [6.07, 6.45) is 0. The van der Waals surface area contributed by atoms with Crippen LogP contribution in [0.25, 0.3) is 122 Å². The van der Waals surface area contributed by atoms with E-state index in [-0.39, 0.29) is 91.8 Å². The second-order valence-electron chi connectivity index (χ2n) is 29.2. The quantitative estimate of drug-likeness (QED) is 0.135. The topological polar surface area (TPSA) is 25.6 Å². The van der Waals surface area contributed by atoms with E-state index in [9.17, 15) is 20.6 Å². The molecule has 8 heteroatoms.